The number of ether oxygens (including phenoxy) is 2. The predicted octanol–water partition coefficient (Wildman–Crippen LogP) is 3.53. The molecule has 0 fully saturated rings. The fraction of sp³-hybridized carbons (Fsp3) is 0.296. The van der Waals surface area contributed by atoms with Crippen LogP contribution in [0.2, 0.25) is 0 Å². The van der Waals surface area contributed by atoms with Gasteiger partial charge in [0.2, 0.25) is 10.0 Å². The van der Waals surface area contributed by atoms with Crippen molar-refractivity contribution in [2.24, 2.45) is 0 Å². The van der Waals surface area contributed by atoms with Crippen LogP contribution in [0.4, 0.5) is 0 Å². The van der Waals surface area contributed by atoms with Gasteiger partial charge in [0.05, 0.1) is 24.0 Å². The second kappa shape index (κ2) is 12.5. The SMILES string of the molecule is CC(C)Oc1cc(-c2ccc(OCCNC[C@H](O)c3ccccc3)cc2)ccc1C(=O)NS(C)(=O)=O. The summed E-state index contributed by atoms with van der Waals surface area (Å²) < 4.78 is 36.5. The van der Waals surface area contributed by atoms with Gasteiger partial charge in [0, 0.05) is 13.1 Å². The van der Waals surface area contributed by atoms with E-state index in [1.165, 1.54) is 0 Å². The minimum Gasteiger partial charge on any atom is -0.492 e. The van der Waals surface area contributed by atoms with E-state index in [9.17, 15) is 18.3 Å². The summed E-state index contributed by atoms with van der Waals surface area (Å²) in [6.45, 7) is 5.11. The summed E-state index contributed by atoms with van der Waals surface area (Å²) in [6.07, 6.45) is 0.151. The molecule has 9 heteroatoms. The molecule has 3 aromatic carbocycles. The van der Waals surface area contributed by atoms with Crippen LogP contribution >= 0.6 is 0 Å². The Balaban J connectivity index is 1.58. The van der Waals surface area contributed by atoms with E-state index < -0.39 is 22.0 Å². The lowest BCUT2D eigenvalue weighted by Gasteiger charge is -2.16. The second-order valence-electron chi connectivity index (χ2n) is 8.58. The zero-order chi connectivity index (χ0) is 26.1. The van der Waals surface area contributed by atoms with Crippen molar-refractivity contribution >= 4 is 15.9 Å². The Bertz CT molecular complexity index is 1250. The normalized spacial score (nSPS) is 12.2. The van der Waals surface area contributed by atoms with E-state index in [1.807, 2.05) is 73.2 Å². The highest BCUT2D eigenvalue weighted by Gasteiger charge is 2.18. The molecule has 0 aliphatic rings. The Kier molecular flexibility index (Phi) is 9.46. The van der Waals surface area contributed by atoms with Gasteiger partial charge in [0.25, 0.3) is 5.91 Å². The van der Waals surface area contributed by atoms with Gasteiger partial charge < -0.3 is 19.9 Å². The summed E-state index contributed by atoms with van der Waals surface area (Å²) >= 11 is 0. The van der Waals surface area contributed by atoms with E-state index in [-0.39, 0.29) is 11.7 Å². The zero-order valence-corrected chi connectivity index (χ0v) is 21.4. The van der Waals surface area contributed by atoms with Crippen LogP contribution in [0.3, 0.4) is 0 Å². The number of carbonyl (C=O) groups excluding carboxylic acids is 1. The number of sulfonamides is 1. The molecule has 0 heterocycles. The van der Waals surface area contributed by atoms with Crippen molar-refractivity contribution in [1.82, 2.24) is 10.0 Å². The maximum atomic E-state index is 12.4. The van der Waals surface area contributed by atoms with Crippen LogP contribution in [-0.2, 0) is 10.0 Å². The van der Waals surface area contributed by atoms with Crippen molar-refractivity contribution in [3.63, 3.8) is 0 Å². The molecule has 0 aromatic heterocycles. The van der Waals surface area contributed by atoms with Gasteiger partial charge in [0.1, 0.15) is 18.1 Å². The first-order valence-electron chi connectivity index (χ1n) is 11.6. The standard InChI is InChI=1S/C27H32N2O6S/c1-19(2)35-26-17-22(11-14-24(26)27(31)29-36(3,32)33)20-9-12-23(13-10-20)34-16-15-28-18-25(30)21-7-5-4-6-8-21/h4-14,17,19,25,28,30H,15-16,18H2,1-3H3,(H,29,31)/t25-/m0/s1. The van der Waals surface area contributed by atoms with Crippen LogP contribution in [0.5, 0.6) is 11.5 Å². The summed E-state index contributed by atoms with van der Waals surface area (Å²) in [6, 6.07) is 22.0. The molecule has 0 unspecified atom stereocenters. The molecule has 36 heavy (non-hydrogen) atoms. The summed E-state index contributed by atoms with van der Waals surface area (Å²) in [5.41, 5.74) is 2.70. The monoisotopic (exact) mass is 512 g/mol. The number of hydrogen-bond donors (Lipinski definition) is 3. The van der Waals surface area contributed by atoms with E-state index in [0.29, 0.717) is 31.2 Å². The van der Waals surface area contributed by atoms with E-state index in [2.05, 4.69) is 5.32 Å². The lowest BCUT2D eigenvalue weighted by molar-refractivity contribution is 0.0976. The van der Waals surface area contributed by atoms with Gasteiger partial charge in [0.15, 0.2) is 0 Å². The number of aliphatic hydroxyl groups excluding tert-OH is 1. The van der Waals surface area contributed by atoms with Crippen LogP contribution in [0.25, 0.3) is 11.1 Å². The Labute approximate surface area is 212 Å². The summed E-state index contributed by atoms with van der Waals surface area (Å²) in [5.74, 6) is 0.257. The molecule has 0 aliphatic heterocycles. The van der Waals surface area contributed by atoms with Crippen molar-refractivity contribution in [2.45, 2.75) is 26.1 Å². The van der Waals surface area contributed by atoms with Crippen LogP contribution in [-0.4, -0.2) is 51.5 Å². The smallest absolute Gasteiger partial charge is 0.268 e. The molecule has 1 amide bonds. The van der Waals surface area contributed by atoms with Gasteiger partial charge in [-0.3, -0.25) is 4.79 Å². The predicted molar refractivity (Wildman–Crippen MR) is 140 cm³/mol. The second-order valence-corrected chi connectivity index (χ2v) is 10.3. The van der Waals surface area contributed by atoms with Crippen LogP contribution in [0, 0.1) is 0 Å². The van der Waals surface area contributed by atoms with Crippen molar-refractivity contribution in [3.8, 4) is 22.6 Å². The Morgan fingerprint density at radius 3 is 2.28 bits per heavy atom. The zero-order valence-electron chi connectivity index (χ0n) is 20.6. The third-order valence-corrected chi connectivity index (χ3v) is 5.68. The van der Waals surface area contributed by atoms with Gasteiger partial charge in [-0.1, -0.05) is 48.5 Å². The summed E-state index contributed by atoms with van der Waals surface area (Å²) in [4.78, 5) is 12.4. The molecular formula is C27H32N2O6S. The molecule has 0 saturated heterocycles. The average molecular weight is 513 g/mol. The van der Waals surface area contributed by atoms with Gasteiger partial charge in [-0.15, -0.1) is 0 Å². The lowest BCUT2D eigenvalue weighted by atomic mass is 10.0. The third-order valence-electron chi connectivity index (χ3n) is 5.12. The molecule has 0 bridgehead atoms. The maximum Gasteiger partial charge on any atom is 0.268 e. The van der Waals surface area contributed by atoms with Crippen LogP contribution in [0.15, 0.2) is 72.8 Å². The van der Waals surface area contributed by atoms with Crippen LogP contribution in [0.1, 0.15) is 35.9 Å². The number of rotatable bonds is 12. The first-order valence-corrected chi connectivity index (χ1v) is 13.5. The molecule has 3 rings (SSSR count). The Morgan fingerprint density at radius 2 is 1.64 bits per heavy atom. The molecule has 0 saturated carbocycles. The topological polar surface area (TPSA) is 114 Å². The Morgan fingerprint density at radius 1 is 0.972 bits per heavy atom. The number of carbonyl (C=O) groups is 1. The van der Waals surface area contributed by atoms with E-state index in [1.54, 1.807) is 18.2 Å². The quantitative estimate of drug-likeness (QED) is 0.318. The Hall–Kier alpha value is -3.40. The van der Waals surface area contributed by atoms with Crippen molar-refractivity contribution in [3.05, 3.63) is 83.9 Å². The molecule has 192 valence electrons. The number of amides is 1. The third kappa shape index (κ3) is 8.37. The molecule has 0 spiro atoms. The van der Waals surface area contributed by atoms with E-state index >= 15 is 0 Å². The first kappa shape index (κ1) is 27.2. The summed E-state index contributed by atoms with van der Waals surface area (Å²) in [7, 11) is -3.70. The minimum absolute atomic E-state index is 0.141. The lowest BCUT2D eigenvalue weighted by Crippen LogP contribution is -2.30. The van der Waals surface area contributed by atoms with Crippen molar-refractivity contribution < 1.29 is 27.8 Å². The van der Waals surface area contributed by atoms with E-state index in [4.69, 9.17) is 9.47 Å². The van der Waals surface area contributed by atoms with Gasteiger partial charge in [-0.05, 0) is 54.8 Å². The van der Waals surface area contributed by atoms with Crippen molar-refractivity contribution in [1.29, 1.82) is 0 Å². The number of hydrogen-bond acceptors (Lipinski definition) is 7. The van der Waals surface area contributed by atoms with Gasteiger partial charge in [-0.25, -0.2) is 13.1 Å². The molecule has 1 atom stereocenters. The highest BCUT2D eigenvalue weighted by atomic mass is 32.2. The van der Waals surface area contributed by atoms with Gasteiger partial charge >= 0.3 is 0 Å². The molecule has 0 aliphatic carbocycles. The van der Waals surface area contributed by atoms with E-state index in [0.717, 1.165) is 22.9 Å². The minimum atomic E-state index is -3.70. The molecular weight excluding hydrogens is 480 g/mol. The maximum absolute atomic E-state index is 12.4. The highest BCUT2D eigenvalue weighted by molar-refractivity contribution is 7.89. The number of nitrogens with one attached hydrogen (secondary N) is 2. The fourth-order valence-electron chi connectivity index (χ4n) is 3.48. The largest absolute Gasteiger partial charge is 0.492 e. The molecule has 0 radical (unpaired) electrons. The molecule has 3 aromatic rings. The number of benzene rings is 3. The molecule has 3 N–H and O–H groups in total. The van der Waals surface area contributed by atoms with Crippen molar-refractivity contribution in [2.75, 3.05) is 26.0 Å². The highest BCUT2D eigenvalue weighted by Crippen LogP contribution is 2.29. The molecule has 8 nitrogen and oxygen atoms in total. The average Bonchev–Trinajstić information content (AvgIpc) is 2.83. The number of aliphatic hydroxyl groups is 1. The summed E-state index contributed by atoms with van der Waals surface area (Å²) in [5, 5.41) is 13.4. The first-order chi connectivity index (χ1) is 17.1. The fourth-order valence-corrected chi connectivity index (χ4v) is 3.93. The van der Waals surface area contributed by atoms with Crippen LogP contribution < -0.4 is 19.5 Å². The van der Waals surface area contributed by atoms with Gasteiger partial charge in [-0.2, -0.15) is 0 Å².